The van der Waals surface area contributed by atoms with E-state index in [2.05, 4.69) is 20.7 Å². The third-order valence-electron chi connectivity index (χ3n) is 4.04. The summed E-state index contributed by atoms with van der Waals surface area (Å²) in [5.41, 5.74) is 2.17. The summed E-state index contributed by atoms with van der Waals surface area (Å²) in [5.74, 6) is 0.344. The Morgan fingerprint density at radius 2 is 2.36 bits per heavy atom. The standard InChI is InChI=1S/C15H21N5OS/c1-10-19-14-11(4-3-5-13(14)22-10)8-16-15(21)17-9-12-6-7-18-20(12)2/h6-7,11H,3-5,8-9H2,1-2H3,(H2,16,17,21)/t11-/m1/s1. The minimum atomic E-state index is -0.139. The monoisotopic (exact) mass is 319 g/mol. The van der Waals surface area contributed by atoms with Gasteiger partial charge in [0.2, 0.25) is 0 Å². The number of fused-ring (bicyclic) bond motifs is 1. The molecule has 0 aromatic carbocycles. The van der Waals surface area contributed by atoms with Crippen LogP contribution in [0.25, 0.3) is 0 Å². The number of carbonyl (C=O) groups excluding carboxylic acids is 1. The van der Waals surface area contributed by atoms with E-state index in [1.165, 1.54) is 17.0 Å². The third kappa shape index (κ3) is 3.30. The van der Waals surface area contributed by atoms with Crippen molar-refractivity contribution in [3.63, 3.8) is 0 Å². The molecule has 2 amide bonds. The van der Waals surface area contributed by atoms with E-state index in [0.29, 0.717) is 19.0 Å². The van der Waals surface area contributed by atoms with Crippen LogP contribution in [0.3, 0.4) is 0 Å². The van der Waals surface area contributed by atoms with Gasteiger partial charge in [0.05, 0.1) is 22.9 Å². The van der Waals surface area contributed by atoms with Crippen molar-refractivity contribution in [1.82, 2.24) is 25.4 Å². The van der Waals surface area contributed by atoms with Crippen molar-refractivity contribution >= 4 is 17.4 Å². The van der Waals surface area contributed by atoms with Crippen molar-refractivity contribution in [2.24, 2.45) is 7.05 Å². The van der Waals surface area contributed by atoms with Gasteiger partial charge in [0, 0.05) is 30.6 Å². The Balaban J connectivity index is 1.50. The fourth-order valence-corrected chi connectivity index (χ4v) is 3.92. The van der Waals surface area contributed by atoms with Gasteiger partial charge in [-0.05, 0) is 32.3 Å². The van der Waals surface area contributed by atoms with E-state index in [9.17, 15) is 4.79 Å². The Bertz CT molecular complexity index is 663. The molecule has 7 heteroatoms. The summed E-state index contributed by atoms with van der Waals surface area (Å²) in [6, 6.07) is 1.76. The molecule has 0 saturated heterocycles. The van der Waals surface area contributed by atoms with Crippen LogP contribution >= 0.6 is 11.3 Å². The number of carbonyl (C=O) groups is 1. The summed E-state index contributed by atoms with van der Waals surface area (Å²) in [4.78, 5) is 18.0. The van der Waals surface area contributed by atoms with Gasteiger partial charge in [-0.15, -0.1) is 11.3 Å². The summed E-state index contributed by atoms with van der Waals surface area (Å²) in [5, 5.41) is 11.0. The van der Waals surface area contributed by atoms with Gasteiger partial charge in [-0.25, -0.2) is 9.78 Å². The zero-order valence-electron chi connectivity index (χ0n) is 12.9. The first kappa shape index (κ1) is 15.0. The number of hydrogen-bond donors (Lipinski definition) is 2. The number of aromatic nitrogens is 3. The van der Waals surface area contributed by atoms with Crippen LogP contribution in [0.5, 0.6) is 0 Å². The lowest BCUT2D eigenvalue weighted by Crippen LogP contribution is -2.38. The van der Waals surface area contributed by atoms with Crippen molar-refractivity contribution in [2.45, 2.75) is 38.6 Å². The van der Waals surface area contributed by atoms with Gasteiger partial charge in [-0.3, -0.25) is 4.68 Å². The fourth-order valence-electron chi connectivity index (χ4n) is 2.85. The van der Waals surface area contributed by atoms with Crippen molar-refractivity contribution in [2.75, 3.05) is 6.54 Å². The van der Waals surface area contributed by atoms with Crippen LogP contribution in [0, 0.1) is 6.92 Å². The molecule has 0 bridgehead atoms. The van der Waals surface area contributed by atoms with Gasteiger partial charge < -0.3 is 10.6 Å². The number of urea groups is 1. The van der Waals surface area contributed by atoms with Crippen LogP contribution < -0.4 is 10.6 Å². The van der Waals surface area contributed by atoms with Crippen LogP contribution in [0.15, 0.2) is 12.3 Å². The highest BCUT2D eigenvalue weighted by atomic mass is 32.1. The van der Waals surface area contributed by atoms with E-state index in [1.54, 1.807) is 22.2 Å². The van der Waals surface area contributed by atoms with Crippen molar-refractivity contribution in [3.8, 4) is 0 Å². The topological polar surface area (TPSA) is 71.8 Å². The van der Waals surface area contributed by atoms with E-state index in [-0.39, 0.29) is 6.03 Å². The van der Waals surface area contributed by atoms with Crippen molar-refractivity contribution < 1.29 is 4.79 Å². The summed E-state index contributed by atoms with van der Waals surface area (Å²) in [6.45, 7) is 3.18. The largest absolute Gasteiger partial charge is 0.337 e. The average Bonchev–Trinajstić information content (AvgIpc) is 3.07. The number of aryl methyl sites for hydroxylation is 3. The minimum Gasteiger partial charge on any atom is -0.337 e. The highest BCUT2D eigenvalue weighted by Gasteiger charge is 2.24. The van der Waals surface area contributed by atoms with Gasteiger partial charge >= 0.3 is 6.03 Å². The van der Waals surface area contributed by atoms with Gasteiger partial charge in [0.15, 0.2) is 0 Å². The molecular formula is C15H21N5OS. The molecule has 2 heterocycles. The molecule has 118 valence electrons. The maximum absolute atomic E-state index is 11.9. The second kappa shape index (κ2) is 6.48. The zero-order chi connectivity index (χ0) is 15.5. The Kier molecular flexibility index (Phi) is 4.42. The molecule has 1 aliphatic rings. The normalized spacial score (nSPS) is 17.1. The Morgan fingerprint density at radius 1 is 1.50 bits per heavy atom. The molecule has 0 unspecified atom stereocenters. The molecule has 2 aromatic heterocycles. The quantitative estimate of drug-likeness (QED) is 0.906. The number of nitrogens with zero attached hydrogens (tertiary/aromatic N) is 3. The SMILES string of the molecule is Cc1nc2c(s1)CCC[C@@H]2CNC(=O)NCc1ccnn1C. The molecule has 2 aromatic rings. The molecule has 6 nitrogen and oxygen atoms in total. The lowest BCUT2D eigenvalue weighted by atomic mass is 9.91. The summed E-state index contributed by atoms with van der Waals surface area (Å²) >= 11 is 1.79. The number of amides is 2. The predicted molar refractivity (Wildman–Crippen MR) is 86.0 cm³/mol. The van der Waals surface area contributed by atoms with Crippen LogP contribution in [0.2, 0.25) is 0 Å². The van der Waals surface area contributed by atoms with Gasteiger partial charge in [-0.2, -0.15) is 5.10 Å². The Labute approximate surface area is 133 Å². The smallest absolute Gasteiger partial charge is 0.315 e. The van der Waals surface area contributed by atoms with E-state index in [1.807, 2.05) is 20.0 Å². The number of thiazole rings is 1. The highest BCUT2D eigenvalue weighted by molar-refractivity contribution is 7.11. The second-order valence-corrected chi connectivity index (χ2v) is 6.93. The van der Waals surface area contributed by atoms with Gasteiger partial charge in [0.1, 0.15) is 0 Å². The maximum Gasteiger partial charge on any atom is 0.315 e. The molecule has 2 N–H and O–H groups in total. The number of hydrogen-bond acceptors (Lipinski definition) is 4. The number of nitrogens with one attached hydrogen (secondary N) is 2. The average molecular weight is 319 g/mol. The minimum absolute atomic E-state index is 0.139. The molecule has 0 radical (unpaired) electrons. The summed E-state index contributed by atoms with van der Waals surface area (Å²) < 4.78 is 1.76. The molecule has 1 atom stereocenters. The van der Waals surface area contributed by atoms with E-state index < -0.39 is 0 Å². The molecular weight excluding hydrogens is 298 g/mol. The first-order valence-electron chi connectivity index (χ1n) is 7.58. The maximum atomic E-state index is 11.9. The van der Waals surface area contributed by atoms with Crippen LogP contribution in [0.1, 0.15) is 40.0 Å². The molecule has 3 rings (SSSR count). The first-order valence-corrected chi connectivity index (χ1v) is 8.40. The van der Waals surface area contributed by atoms with Crippen molar-refractivity contribution in [1.29, 1.82) is 0 Å². The third-order valence-corrected chi connectivity index (χ3v) is 5.09. The molecule has 0 saturated carbocycles. The van der Waals surface area contributed by atoms with Crippen LogP contribution in [0.4, 0.5) is 4.79 Å². The predicted octanol–water partition coefficient (Wildman–Crippen LogP) is 2.10. The lowest BCUT2D eigenvalue weighted by Gasteiger charge is -2.21. The Morgan fingerprint density at radius 3 is 3.14 bits per heavy atom. The van der Waals surface area contributed by atoms with Gasteiger partial charge in [-0.1, -0.05) is 0 Å². The molecule has 1 aliphatic carbocycles. The Hall–Kier alpha value is -1.89. The van der Waals surface area contributed by atoms with E-state index in [4.69, 9.17) is 0 Å². The molecule has 0 fully saturated rings. The lowest BCUT2D eigenvalue weighted by molar-refractivity contribution is 0.239. The fraction of sp³-hybridized carbons (Fsp3) is 0.533. The molecule has 0 aliphatic heterocycles. The van der Waals surface area contributed by atoms with Crippen molar-refractivity contribution in [3.05, 3.63) is 33.5 Å². The second-order valence-electron chi connectivity index (χ2n) is 5.64. The van der Waals surface area contributed by atoms with E-state index in [0.717, 1.165) is 23.5 Å². The van der Waals surface area contributed by atoms with Crippen LogP contribution in [-0.2, 0) is 20.0 Å². The van der Waals surface area contributed by atoms with E-state index >= 15 is 0 Å². The van der Waals surface area contributed by atoms with Crippen LogP contribution in [-0.4, -0.2) is 27.3 Å². The zero-order valence-corrected chi connectivity index (χ0v) is 13.7. The number of rotatable bonds is 4. The summed E-state index contributed by atoms with van der Waals surface area (Å²) in [7, 11) is 1.86. The molecule has 0 spiro atoms. The first-order chi connectivity index (χ1) is 10.6. The summed E-state index contributed by atoms with van der Waals surface area (Å²) in [6.07, 6.45) is 5.13. The highest BCUT2D eigenvalue weighted by Crippen LogP contribution is 2.34. The van der Waals surface area contributed by atoms with Gasteiger partial charge in [0.25, 0.3) is 0 Å². The molecule has 22 heavy (non-hydrogen) atoms.